The first-order chi connectivity index (χ1) is 13.6. The molecule has 29 heavy (non-hydrogen) atoms. The molecule has 2 aliphatic carbocycles. The lowest BCUT2D eigenvalue weighted by Gasteiger charge is -2.37. The van der Waals surface area contributed by atoms with E-state index in [0.29, 0.717) is 24.5 Å². The van der Waals surface area contributed by atoms with Crippen molar-refractivity contribution in [1.29, 1.82) is 0 Å². The van der Waals surface area contributed by atoms with Crippen molar-refractivity contribution in [2.24, 2.45) is 11.8 Å². The first-order valence-electron chi connectivity index (χ1n) is 10.1. The maximum Gasteiger partial charge on any atom is 0.389 e. The van der Waals surface area contributed by atoms with Crippen LogP contribution in [0.15, 0.2) is 23.8 Å². The Kier molecular flexibility index (Phi) is 6.56. The van der Waals surface area contributed by atoms with Gasteiger partial charge in [-0.1, -0.05) is 19.1 Å². The zero-order valence-electron chi connectivity index (χ0n) is 16.8. The smallest absolute Gasteiger partial charge is 0.389 e. The Hall–Kier alpha value is -2.02. The maximum absolute atomic E-state index is 12.2. The van der Waals surface area contributed by atoms with Gasteiger partial charge in [0.1, 0.15) is 5.75 Å². The molecule has 1 fully saturated rings. The SMILES string of the molecule is CC1Cc2cc(OCCCC(F)(F)F)ccc2C=C1C(C)NC1CC(C(=O)O)C1. The van der Waals surface area contributed by atoms with Crippen LogP contribution in [0.5, 0.6) is 5.75 Å². The van der Waals surface area contributed by atoms with Crippen molar-refractivity contribution in [2.45, 2.75) is 64.2 Å². The van der Waals surface area contributed by atoms with E-state index >= 15 is 0 Å². The molecule has 0 bridgehead atoms. The number of hydrogen-bond acceptors (Lipinski definition) is 3. The summed E-state index contributed by atoms with van der Waals surface area (Å²) in [6.45, 7) is 4.32. The summed E-state index contributed by atoms with van der Waals surface area (Å²) in [4.78, 5) is 11.0. The summed E-state index contributed by atoms with van der Waals surface area (Å²) in [5, 5.41) is 12.6. The van der Waals surface area contributed by atoms with Crippen LogP contribution in [0.1, 0.15) is 50.7 Å². The van der Waals surface area contributed by atoms with Crippen molar-refractivity contribution in [1.82, 2.24) is 5.32 Å². The Morgan fingerprint density at radius 1 is 1.34 bits per heavy atom. The number of fused-ring (bicyclic) bond motifs is 1. The number of benzene rings is 1. The molecule has 2 N–H and O–H groups in total. The van der Waals surface area contributed by atoms with Gasteiger partial charge in [-0.3, -0.25) is 4.79 Å². The summed E-state index contributed by atoms with van der Waals surface area (Å²) in [6, 6.07) is 6.09. The maximum atomic E-state index is 12.2. The number of carboxylic acid groups (broad SMARTS) is 1. The molecule has 0 aromatic heterocycles. The van der Waals surface area contributed by atoms with Crippen molar-refractivity contribution < 1.29 is 27.8 Å². The standard InChI is InChI=1S/C22H28F3NO3/c1-13-8-16-11-19(29-7-3-6-22(23,24)25)5-4-15(16)12-20(13)14(2)26-18-9-17(10-18)21(27)28/h4-5,11-14,17-18,26H,3,6-10H2,1-2H3,(H,27,28). The van der Waals surface area contributed by atoms with Gasteiger partial charge in [-0.2, -0.15) is 13.2 Å². The van der Waals surface area contributed by atoms with Crippen LogP contribution in [0.3, 0.4) is 0 Å². The van der Waals surface area contributed by atoms with Gasteiger partial charge in [-0.25, -0.2) is 0 Å². The van der Waals surface area contributed by atoms with Gasteiger partial charge in [0.25, 0.3) is 0 Å². The predicted octanol–water partition coefficient (Wildman–Crippen LogP) is 4.82. The summed E-state index contributed by atoms with van der Waals surface area (Å²) >= 11 is 0. The van der Waals surface area contributed by atoms with E-state index in [1.807, 2.05) is 12.1 Å². The van der Waals surface area contributed by atoms with Crippen LogP contribution in [0.25, 0.3) is 6.08 Å². The second-order valence-electron chi connectivity index (χ2n) is 8.27. The van der Waals surface area contributed by atoms with Crippen LogP contribution in [0.4, 0.5) is 13.2 Å². The van der Waals surface area contributed by atoms with Gasteiger partial charge >= 0.3 is 12.1 Å². The van der Waals surface area contributed by atoms with Crippen LogP contribution >= 0.6 is 0 Å². The zero-order valence-corrected chi connectivity index (χ0v) is 16.8. The van der Waals surface area contributed by atoms with Gasteiger partial charge in [-0.15, -0.1) is 0 Å². The molecule has 3 rings (SSSR count). The molecule has 2 aliphatic rings. The minimum atomic E-state index is -4.14. The molecule has 0 spiro atoms. The molecular weight excluding hydrogens is 383 g/mol. The Balaban J connectivity index is 1.57. The minimum absolute atomic E-state index is 0.0475. The average Bonchev–Trinajstić information content (AvgIpc) is 2.59. The third kappa shape index (κ3) is 5.75. The third-order valence-corrected chi connectivity index (χ3v) is 5.88. The lowest BCUT2D eigenvalue weighted by atomic mass is 9.78. The zero-order chi connectivity index (χ0) is 21.2. The summed E-state index contributed by atoms with van der Waals surface area (Å²) in [5.74, 6) is -0.0183. The van der Waals surface area contributed by atoms with Crippen LogP contribution in [0.2, 0.25) is 0 Å². The molecule has 0 aliphatic heterocycles. The van der Waals surface area contributed by atoms with Crippen LogP contribution in [-0.4, -0.2) is 35.9 Å². The predicted molar refractivity (Wildman–Crippen MR) is 105 cm³/mol. The largest absolute Gasteiger partial charge is 0.494 e. The average molecular weight is 411 g/mol. The third-order valence-electron chi connectivity index (χ3n) is 5.88. The molecule has 1 aromatic carbocycles. The van der Waals surface area contributed by atoms with Crippen molar-refractivity contribution >= 4 is 12.0 Å². The Morgan fingerprint density at radius 2 is 2.07 bits per heavy atom. The van der Waals surface area contributed by atoms with E-state index in [9.17, 15) is 18.0 Å². The normalized spacial score (nSPS) is 24.9. The number of nitrogens with one attached hydrogen (secondary N) is 1. The van der Waals surface area contributed by atoms with Gasteiger partial charge in [0.2, 0.25) is 0 Å². The van der Waals surface area contributed by atoms with Crippen LogP contribution < -0.4 is 10.1 Å². The van der Waals surface area contributed by atoms with Gasteiger partial charge in [0, 0.05) is 18.5 Å². The van der Waals surface area contributed by atoms with Crippen LogP contribution in [0, 0.1) is 11.8 Å². The highest BCUT2D eigenvalue weighted by atomic mass is 19.4. The number of halogens is 3. The van der Waals surface area contributed by atoms with E-state index in [0.717, 1.165) is 17.5 Å². The van der Waals surface area contributed by atoms with Crippen LogP contribution in [-0.2, 0) is 11.2 Å². The van der Waals surface area contributed by atoms with Gasteiger partial charge in [0.05, 0.1) is 12.5 Å². The summed E-state index contributed by atoms with van der Waals surface area (Å²) in [7, 11) is 0. The molecule has 2 unspecified atom stereocenters. The first-order valence-corrected chi connectivity index (χ1v) is 10.1. The van der Waals surface area contributed by atoms with Crippen molar-refractivity contribution in [3.63, 3.8) is 0 Å². The second kappa shape index (κ2) is 8.78. The lowest BCUT2D eigenvalue weighted by Crippen LogP contribution is -2.48. The number of hydrogen-bond donors (Lipinski definition) is 2. The van der Waals surface area contributed by atoms with Gasteiger partial charge < -0.3 is 15.2 Å². The van der Waals surface area contributed by atoms with E-state index in [1.54, 1.807) is 6.07 Å². The molecular formula is C22H28F3NO3. The highest BCUT2D eigenvalue weighted by Gasteiger charge is 2.35. The Morgan fingerprint density at radius 3 is 2.72 bits per heavy atom. The van der Waals surface area contributed by atoms with E-state index < -0.39 is 18.6 Å². The fourth-order valence-electron chi connectivity index (χ4n) is 4.18. The first kappa shape index (κ1) is 21.7. The number of ether oxygens (including phenoxy) is 1. The summed E-state index contributed by atoms with van der Waals surface area (Å²) < 4.78 is 42.2. The van der Waals surface area contributed by atoms with E-state index in [4.69, 9.17) is 9.84 Å². The van der Waals surface area contributed by atoms with E-state index in [1.165, 1.54) is 5.57 Å². The fourth-order valence-corrected chi connectivity index (χ4v) is 4.18. The quantitative estimate of drug-likeness (QED) is 0.602. The molecule has 1 aromatic rings. The Bertz CT molecular complexity index is 769. The summed E-state index contributed by atoms with van der Waals surface area (Å²) in [5.41, 5.74) is 3.53. The molecule has 0 amide bonds. The fraction of sp³-hybridized carbons (Fsp3) is 0.591. The number of alkyl halides is 3. The lowest BCUT2D eigenvalue weighted by molar-refractivity contribution is -0.145. The van der Waals surface area contributed by atoms with E-state index in [2.05, 4.69) is 25.2 Å². The number of rotatable bonds is 8. The van der Waals surface area contributed by atoms with E-state index in [-0.39, 0.29) is 31.0 Å². The Labute approximate surface area is 169 Å². The molecule has 1 saturated carbocycles. The van der Waals surface area contributed by atoms with Crippen molar-refractivity contribution in [2.75, 3.05) is 6.61 Å². The second-order valence-corrected chi connectivity index (χ2v) is 8.27. The number of aliphatic carboxylic acids is 1. The van der Waals surface area contributed by atoms with Gasteiger partial charge in [0.15, 0.2) is 0 Å². The topological polar surface area (TPSA) is 58.6 Å². The minimum Gasteiger partial charge on any atom is -0.494 e. The van der Waals surface area contributed by atoms with Crippen molar-refractivity contribution in [3.05, 3.63) is 34.9 Å². The highest BCUT2D eigenvalue weighted by molar-refractivity contribution is 5.71. The number of carboxylic acids is 1. The molecule has 7 heteroatoms. The molecule has 0 saturated heterocycles. The highest BCUT2D eigenvalue weighted by Crippen LogP contribution is 2.34. The van der Waals surface area contributed by atoms with Gasteiger partial charge in [-0.05, 0) is 67.4 Å². The molecule has 2 atom stereocenters. The molecule has 0 radical (unpaired) electrons. The number of carbonyl (C=O) groups is 1. The molecule has 0 heterocycles. The monoisotopic (exact) mass is 411 g/mol. The van der Waals surface area contributed by atoms with Crippen molar-refractivity contribution in [3.8, 4) is 5.75 Å². The molecule has 4 nitrogen and oxygen atoms in total. The summed E-state index contributed by atoms with van der Waals surface area (Å²) in [6.07, 6.45) is -0.667. The molecule has 160 valence electrons.